The molecule has 2 unspecified atom stereocenters. The summed E-state index contributed by atoms with van der Waals surface area (Å²) in [5.74, 6) is -3.19. The molecule has 2 amide bonds. The second-order valence-corrected chi connectivity index (χ2v) is 13.7. The van der Waals surface area contributed by atoms with Gasteiger partial charge in [-0.15, -0.1) is 0 Å². The first-order valence-electron chi connectivity index (χ1n) is 14.8. The van der Waals surface area contributed by atoms with E-state index < -0.39 is 51.2 Å². The Morgan fingerprint density at radius 2 is 1.51 bits per heavy atom. The third kappa shape index (κ3) is 12.2. The smallest absolute Gasteiger partial charge is 0.335 e. The Balaban J connectivity index is 1.84. The van der Waals surface area contributed by atoms with Crippen LogP contribution in [0.4, 0.5) is 0 Å². The van der Waals surface area contributed by atoms with Gasteiger partial charge in [-0.1, -0.05) is 60.7 Å². The van der Waals surface area contributed by atoms with Gasteiger partial charge in [0.2, 0.25) is 21.8 Å². The van der Waals surface area contributed by atoms with Crippen molar-refractivity contribution in [3.8, 4) is 0 Å². The maximum Gasteiger partial charge on any atom is 0.335 e. The Hall–Kier alpha value is -4.63. The number of carboxylic acids is 1. The van der Waals surface area contributed by atoms with Gasteiger partial charge in [0.1, 0.15) is 17.9 Å². The van der Waals surface area contributed by atoms with Crippen LogP contribution in [0, 0.1) is 5.41 Å². The van der Waals surface area contributed by atoms with Crippen LogP contribution in [0.25, 0.3) is 0 Å². The average Bonchev–Trinajstić information content (AvgIpc) is 3.01. The molecule has 0 radical (unpaired) electrons. The highest BCUT2D eigenvalue weighted by Crippen LogP contribution is 2.13. The average molecular weight is 667 g/mol. The number of ether oxygens (including phenoxy) is 1. The van der Waals surface area contributed by atoms with Crippen molar-refractivity contribution in [2.24, 2.45) is 11.5 Å². The number of nitrogens with two attached hydrogens (primary N) is 2. The van der Waals surface area contributed by atoms with Gasteiger partial charge in [-0.05, 0) is 55.2 Å². The number of amides is 2. The number of hydrogen-bond donors (Lipinski definition) is 7. The number of carbonyl (C=O) groups excluding carboxylic acids is 2. The van der Waals surface area contributed by atoms with E-state index in [0.29, 0.717) is 5.56 Å². The van der Waals surface area contributed by atoms with Crippen molar-refractivity contribution in [1.29, 1.82) is 5.41 Å². The van der Waals surface area contributed by atoms with E-state index in [-0.39, 0.29) is 43.1 Å². The molecule has 0 fully saturated rings. The van der Waals surface area contributed by atoms with Crippen molar-refractivity contribution < 1.29 is 32.6 Å². The topological polar surface area (TPSA) is 227 Å². The van der Waals surface area contributed by atoms with E-state index in [1.54, 1.807) is 57.2 Å². The van der Waals surface area contributed by atoms with Crippen molar-refractivity contribution in [2.75, 3.05) is 6.61 Å². The largest absolute Gasteiger partial charge is 0.478 e. The van der Waals surface area contributed by atoms with E-state index in [2.05, 4.69) is 15.4 Å². The van der Waals surface area contributed by atoms with Crippen molar-refractivity contribution in [2.45, 2.75) is 63.7 Å². The summed E-state index contributed by atoms with van der Waals surface area (Å²) in [6, 6.07) is 16.9. The monoisotopic (exact) mass is 666 g/mol. The van der Waals surface area contributed by atoms with Crippen LogP contribution in [0.3, 0.4) is 0 Å². The first kappa shape index (κ1) is 36.8. The summed E-state index contributed by atoms with van der Waals surface area (Å²) >= 11 is 0. The second-order valence-electron chi connectivity index (χ2n) is 12.0. The highest BCUT2D eigenvalue weighted by atomic mass is 32.2. The van der Waals surface area contributed by atoms with Gasteiger partial charge in [-0.2, -0.15) is 0 Å². The molecule has 9 N–H and O–H groups in total. The lowest BCUT2D eigenvalue weighted by atomic mass is 10.0. The minimum absolute atomic E-state index is 0.0783. The molecular weight excluding hydrogens is 624 g/mol. The lowest BCUT2D eigenvalue weighted by Crippen LogP contribution is -2.56. The zero-order valence-corrected chi connectivity index (χ0v) is 27.4. The fraction of sp³-hybridized carbons (Fsp3) is 0.333. The number of carboxylic acid groups (broad SMARTS) is 1. The molecule has 0 aliphatic carbocycles. The fourth-order valence-electron chi connectivity index (χ4n) is 4.48. The Kier molecular flexibility index (Phi) is 12.8. The highest BCUT2D eigenvalue weighted by molar-refractivity contribution is 7.88. The molecule has 252 valence electrons. The van der Waals surface area contributed by atoms with Crippen molar-refractivity contribution in [3.63, 3.8) is 0 Å². The van der Waals surface area contributed by atoms with Crippen LogP contribution in [0.5, 0.6) is 0 Å². The summed E-state index contributed by atoms with van der Waals surface area (Å²) in [7, 11) is -4.19. The Bertz CT molecular complexity index is 1690. The first-order valence-corrected chi connectivity index (χ1v) is 16.5. The number of benzene rings is 3. The maximum absolute atomic E-state index is 13.7. The number of nitrogen functional groups attached to an aromatic ring is 1. The minimum Gasteiger partial charge on any atom is -0.478 e. The van der Waals surface area contributed by atoms with Gasteiger partial charge >= 0.3 is 5.97 Å². The van der Waals surface area contributed by atoms with Gasteiger partial charge in [-0.3, -0.25) is 15.0 Å². The zero-order chi connectivity index (χ0) is 34.8. The predicted octanol–water partition coefficient (Wildman–Crippen LogP) is 1.77. The maximum atomic E-state index is 13.7. The van der Waals surface area contributed by atoms with Gasteiger partial charge in [-0.25, -0.2) is 17.9 Å². The molecule has 0 saturated heterocycles. The molecule has 0 saturated carbocycles. The van der Waals surface area contributed by atoms with E-state index >= 15 is 0 Å². The van der Waals surface area contributed by atoms with Gasteiger partial charge < -0.3 is 31.9 Å². The van der Waals surface area contributed by atoms with Gasteiger partial charge in [0.15, 0.2) is 0 Å². The third-order valence-electron chi connectivity index (χ3n) is 6.88. The molecular formula is C33H42N6O7S. The Morgan fingerprint density at radius 3 is 2.13 bits per heavy atom. The molecule has 47 heavy (non-hydrogen) atoms. The molecule has 13 nitrogen and oxygen atoms in total. The number of aromatic carboxylic acids is 1. The SMILES string of the molecule is CC(C)(C)OCC(NS(=O)(=O)Cc1cccc(C(=O)O)c1)C(=O)NC(Cc1cccc(CN)c1)C(=O)NCc1ccc(C(=N)N)cc1. The third-order valence-corrected chi connectivity index (χ3v) is 8.24. The Morgan fingerprint density at radius 1 is 0.872 bits per heavy atom. The van der Waals surface area contributed by atoms with Gasteiger partial charge in [0.25, 0.3) is 0 Å². The summed E-state index contributed by atoms with van der Waals surface area (Å²) in [6.07, 6.45) is 0.0796. The number of nitrogens with one attached hydrogen (secondary N) is 4. The number of sulfonamides is 1. The lowest BCUT2D eigenvalue weighted by Gasteiger charge is -2.26. The second kappa shape index (κ2) is 16.3. The Labute approximate surface area is 274 Å². The van der Waals surface area contributed by atoms with Crippen molar-refractivity contribution >= 4 is 33.6 Å². The molecule has 0 aliphatic heterocycles. The van der Waals surface area contributed by atoms with Crippen LogP contribution < -0.4 is 26.8 Å². The highest BCUT2D eigenvalue weighted by Gasteiger charge is 2.31. The van der Waals surface area contributed by atoms with E-state index in [1.165, 1.54) is 24.3 Å². The minimum atomic E-state index is -4.19. The summed E-state index contributed by atoms with van der Waals surface area (Å²) in [5.41, 5.74) is 13.5. The summed E-state index contributed by atoms with van der Waals surface area (Å²) < 4.78 is 34.6. The molecule has 0 aliphatic rings. The number of hydrogen-bond acceptors (Lipinski definition) is 8. The molecule has 14 heteroatoms. The van der Waals surface area contributed by atoms with Crippen LogP contribution in [0.15, 0.2) is 72.8 Å². The van der Waals surface area contributed by atoms with Crippen LogP contribution in [-0.2, 0) is 49.6 Å². The summed E-state index contributed by atoms with van der Waals surface area (Å²) in [5, 5.41) is 22.3. The van der Waals surface area contributed by atoms with Crippen LogP contribution in [-0.4, -0.2) is 61.4 Å². The molecule has 3 aromatic rings. The van der Waals surface area contributed by atoms with Crippen LogP contribution in [0.1, 0.15) is 58.9 Å². The standard InChI is InChI=1S/C33H42N6O7S/c1-33(2,3)46-19-28(39-47(44,45)20-24-8-5-9-26(15-24)32(42)43)31(41)38-27(16-22-6-4-7-23(14-22)17-34)30(40)37-18-21-10-12-25(13-11-21)29(35)36/h4-15,27-28,39H,16-20,34H2,1-3H3,(H3,35,36)(H,37,40)(H,38,41)(H,42,43). The fourth-order valence-corrected chi connectivity index (χ4v) is 5.79. The molecule has 0 aromatic heterocycles. The van der Waals surface area contributed by atoms with Crippen molar-refractivity contribution in [3.05, 3.63) is 106 Å². The van der Waals surface area contributed by atoms with Crippen LogP contribution in [0.2, 0.25) is 0 Å². The van der Waals surface area contributed by atoms with E-state index in [0.717, 1.165) is 16.7 Å². The lowest BCUT2D eigenvalue weighted by molar-refractivity contribution is -0.131. The van der Waals surface area contributed by atoms with E-state index in [9.17, 15) is 27.9 Å². The molecule has 3 aromatic carbocycles. The molecule has 0 heterocycles. The molecule has 2 atom stereocenters. The predicted molar refractivity (Wildman–Crippen MR) is 178 cm³/mol. The van der Waals surface area contributed by atoms with E-state index in [1.807, 2.05) is 12.1 Å². The van der Waals surface area contributed by atoms with Gasteiger partial charge in [0.05, 0.1) is 23.5 Å². The van der Waals surface area contributed by atoms with Crippen molar-refractivity contribution in [1.82, 2.24) is 15.4 Å². The number of rotatable bonds is 16. The normalized spacial score (nSPS) is 12.9. The number of amidine groups is 1. The molecule has 0 spiro atoms. The quantitative estimate of drug-likeness (QED) is 0.0872. The first-order chi connectivity index (χ1) is 22.0. The van der Waals surface area contributed by atoms with Crippen LogP contribution >= 0.6 is 0 Å². The van der Waals surface area contributed by atoms with Gasteiger partial charge in [0, 0.05) is 25.1 Å². The number of carbonyl (C=O) groups is 3. The summed E-state index contributed by atoms with van der Waals surface area (Å²) in [6.45, 7) is 5.29. The zero-order valence-electron chi connectivity index (χ0n) is 26.6. The summed E-state index contributed by atoms with van der Waals surface area (Å²) in [4.78, 5) is 38.6. The van der Waals surface area contributed by atoms with E-state index in [4.69, 9.17) is 21.6 Å². The molecule has 0 bridgehead atoms. The molecule has 3 rings (SSSR count).